The Morgan fingerprint density at radius 2 is 2.29 bits per heavy atom. The Morgan fingerprint density at radius 1 is 1.53 bits per heavy atom. The highest BCUT2D eigenvalue weighted by Crippen LogP contribution is 2.12. The van der Waals surface area contributed by atoms with E-state index in [1.165, 1.54) is 0 Å². The molecule has 0 saturated carbocycles. The average molecular weight is 248 g/mol. The molecule has 7 heteroatoms. The zero-order valence-corrected chi connectivity index (χ0v) is 9.85. The van der Waals surface area contributed by atoms with Crippen LogP contribution in [0, 0.1) is 0 Å². The molecule has 0 fully saturated rings. The Balaban J connectivity index is 2.35. The predicted octanol–water partition coefficient (Wildman–Crippen LogP) is 1.36. The first-order valence-electron chi connectivity index (χ1n) is 5.65. The molecule has 1 unspecified atom stereocenters. The standard InChI is InChI=1S/C10H18F2N4O/c1-2-4-16-9(6-14-15-16)8(13)3-5-17-7-10(11)12/h6,8,10H,2-5,7,13H2,1H3. The van der Waals surface area contributed by atoms with Crippen LogP contribution in [0.1, 0.15) is 31.5 Å². The van der Waals surface area contributed by atoms with Crippen molar-refractivity contribution in [1.82, 2.24) is 15.0 Å². The summed E-state index contributed by atoms with van der Waals surface area (Å²) in [4.78, 5) is 0. The smallest absolute Gasteiger partial charge is 0.261 e. The van der Waals surface area contributed by atoms with Crippen molar-refractivity contribution < 1.29 is 13.5 Å². The van der Waals surface area contributed by atoms with Gasteiger partial charge in [0, 0.05) is 13.2 Å². The van der Waals surface area contributed by atoms with Crippen LogP contribution in [-0.2, 0) is 11.3 Å². The zero-order valence-electron chi connectivity index (χ0n) is 9.85. The number of nitrogens with two attached hydrogens (primary N) is 1. The highest BCUT2D eigenvalue weighted by molar-refractivity contribution is 5.00. The van der Waals surface area contributed by atoms with Gasteiger partial charge in [-0.3, -0.25) is 0 Å². The summed E-state index contributed by atoms with van der Waals surface area (Å²) in [6, 6.07) is -0.283. The molecule has 2 N–H and O–H groups in total. The van der Waals surface area contributed by atoms with E-state index in [1.54, 1.807) is 10.9 Å². The van der Waals surface area contributed by atoms with E-state index in [9.17, 15) is 8.78 Å². The highest BCUT2D eigenvalue weighted by atomic mass is 19.3. The predicted molar refractivity (Wildman–Crippen MR) is 58.7 cm³/mol. The van der Waals surface area contributed by atoms with Gasteiger partial charge < -0.3 is 10.5 Å². The van der Waals surface area contributed by atoms with Gasteiger partial charge in [-0.15, -0.1) is 5.10 Å². The monoisotopic (exact) mass is 248 g/mol. The average Bonchev–Trinajstić information content (AvgIpc) is 2.72. The minimum atomic E-state index is -2.43. The lowest BCUT2D eigenvalue weighted by Crippen LogP contribution is -2.19. The maximum absolute atomic E-state index is 11.8. The lowest BCUT2D eigenvalue weighted by Gasteiger charge is -2.12. The molecular formula is C10H18F2N4O. The van der Waals surface area contributed by atoms with Gasteiger partial charge in [-0.05, 0) is 12.8 Å². The molecule has 1 aromatic rings. The van der Waals surface area contributed by atoms with Crippen molar-refractivity contribution in [2.75, 3.05) is 13.2 Å². The van der Waals surface area contributed by atoms with E-state index in [1.807, 2.05) is 6.92 Å². The highest BCUT2D eigenvalue weighted by Gasteiger charge is 2.12. The molecule has 0 saturated heterocycles. The fraction of sp³-hybridized carbons (Fsp3) is 0.800. The number of ether oxygens (including phenoxy) is 1. The van der Waals surface area contributed by atoms with Crippen molar-refractivity contribution >= 4 is 0 Å². The molecule has 1 heterocycles. The lowest BCUT2D eigenvalue weighted by atomic mass is 10.2. The molecule has 0 radical (unpaired) electrons. The SMILES string of the molecule is CCCn1nncc1C(N)CCOCC(F)F. The molecule has 5 nitrogen and oxygen atoms in total. The Morgan fingerprint density at radius 3 is 2.94 bits per heavy atom. The third kappa shape index (κ3) is 4.74. The van der Waals surface area contributed by atoms with E-state index >= 15 is 0 Å². The van der Waals surface area contributed by atoms with Gasteiger partial charge in [-0.25, -0.2) is 13.5 Å². The third-order valence-corrected chi connectivity index (χ3v) is 2.28. The summed E-state index contributed by atoms with van der Waals surface area (Å²) < 4.78 is 30.2. The number of hydrogen-bond donors (Lipinski definition) is 1. The van der Waals surface area contributed by atoms with E-state index in [4.69, 9.17) is 10.5 Å². The summed E-state index contributed by atoms with van der Waals surface area (Å²) in [6.45, 7) is 2.45. The fourth-order valence-corrected chi connectivity index (χ4v) is 1.47. The molecule has 0 amide bonds. The van der Waals surface area contributed by atoms with Gasteiger partial charge in [0.25, 0.3) is 6.43 Å². The van der Waals surface area contributed by atoms with Crippen LogP contribution in [0.2, 0.25) is 0 Å². The number of hydrogen-bond acceptors (Lipinski definition) is 4. The van der Waals surface area contributed by atoms with Gasteiger partial charge >= 0.3 is 0 Å². The minimum Gasteiger partial charge on any atom is -0.375 e. The number of rotatable bonds is 8. The van der Waals surface area contributed by atoms with E-state index in [0.717, 1.165) is 18.7 Å². The molecule has 1 aromatic heterocycles. The van der Waals surface area contributed by atoms with Crippen LogP contribution in [0.3, 0.4) is 0 Å². The van der Waals surface area contributed by atoms with Crippen LogP contribution in [0.5, 0.6) is 0 Å². The quantitative estimate of drug-likeness (QED) is 0.705. The zero-order chi connectivity index (χ0) is 12.7. The van der Waals surface area contributed by atoms with Crippen LogP contribution >= 0.6 is 0 Å². The van der Waals surface area contributed by atoms with Crippen LogP contribution in [0.15, 0.2) is 6.20 Å². The van der Waals surface area contributed by atoms with Crippen LogP contribution in [0.4, 0.5) is 8.78 Å². The normalized spacial score (nSPS) is 13.2. The van der Waals surface area contributed by atoms with Crippen molar-refractivity contribution in [2.45, 2.75) is 38.8 Å². The largest absolute Gasteiger partial charge is 0.375 e. The molecule has 1 rings (SSSR count). The minimum absolute atomic E-state index is 0.211. The number of halogens is 2. The Hall–Kier alpha value is -1.08. The number of aromatic nitrogens is 3. The first kappa shape index (κ1) is 14.0. The maximum atomic E-state index is 11.8. The van der Waals surface area contributed by atoms with Gasteiger partial charge in [0.05, 0.1) is 17.9 Å². The van der Waals surface area contributed by atoms with E-state index in [2.05, 4.69) is 10.3 Å². The Labute approximate surface area is 98.9 Å². The van der Waals surface area contributed by atoms with Crippen LogP contribution in [0.25, 0.3) is 0 Å². The van der Waals surface area contributed by atoms with E-state index in [-0.39, 0.29) is 12.6 Å². The van der Waals surface area contributed by atoms with Crippen molar-refractivity contribution in [3.8, 4) is 0 Å². The van der Waals surface area contributed by atoms with Crippen molar-refractivity contribution in [3.63, 3.8) is 0 Å². The Kier molecular flexibility index (Phi) is 5.99. The second-order valence-corrected chi connectivity index (χ2v) is 3.74. The molecule has 1 atom stereocenters. The molecule has 0 spiro atoms. The van der Waals surface area contributed by atoms with Gasteiger partial charge in [0.1, 0.15) is 6.61 Å². The summed E-state index contributed by atoms with van der Waals surface area (Å²) in [5, 5.41) is 7.70. The molecule has 0 aromatic carbocycles. The summed E-state index contributed by atoms with van der Waals surface area (Å²) in [5.41, 5.74) is 6.73. The van der Waals surface area contributed by atoms with Crippen LogP contribution < -0.4 is 5.73 Å². The van der Waals surface area contributed by atoms with Crippen LogP contribution in [-0.4, -0.2) is 34.6 Å². The topological polar surface area (TPSA) is 66.0 Å². The molecule has 98 valence electrons. The fourth-order valence-electron chi connectivity index (χ4n) is 1.47. The molecule has 17 heavy (non-hydrogen) atoms. The van der Waals surface area contributed by atoms with E-state index < -0.39 is 13.0 Å². The maximum Gasteiger partial charge on any atom is 0.261 e. The second-order valence-electron chi connectivity index (χ2n) is 3.74. The summed E-state index contributed by atoms with van der Waals surface area (Å²) in [6.07, 6.45) is 0.584. The second kappa shape index (κ2) is 7.29. The van der Waals surface area contributed by atoms with Crippen molar-refractivity contribution in [3.05, 3.63) is 11.9 Å². The van der Waals surface area contributed by atoms with Gasteiger partial charge in [0.15, 0.2) is 0 Å². The number of nitrogens with zero attached hydrogens (tertiary/aromatic N) is 3. The van der Waals surface area contributed by atoms with E-state index in [0.29, 0.717) is 6.42 Å². The molecule has 0 aliphatic carbocycles. The van der Waals surface area contributed by atoms with Crippen molar-refractivity contribution in [1.29, 1.82) is 0 Å². The third-order valence-electron chi connectivity index (χ3n) is 2.28. The summed E-state index contributed by atoms with van der Waals surface area (Å²) in [5.74, 6) is 0. The first-order chi connectivity index (χ1) is 8.15. The first-order valence-corrected chi connectivity index (χ1v) is 5.65. The molecule has 0 aliphatic rings. The molecule has 0 bridgehead atoms. The summed E-state index contributed by atoms with van der Waals surface area (Å²) in [7, 11) is 0. The Bertz CT molecular complexity index is 319. The van der Waals surface area contributed by atoms with Crippen molar-refractivity contribution in [2.24, 2.45) is 5.73 Å². The number of aryl methyl sites for hydroxylation is 1. The van der Waals surface area contributed by atoms with Gasteiger partial charge in [-0.1, -0.05) is 12.1 Å². The molecule has 0 aliphatic heterocycles. The molecular weight excluding hydrogens is 230 g/mol. The number of alkyl halides is 2. The summed E-state index contributed by atoms with van der Waals surface area (Å²) >= 11 is 0. The lowest BCUT2D eigenvalue weighted by molar-refractivity contribution is 0.0150. The van der Waals surface area contributed by atoms with Gasteiger partial charge in [0.2, 0.25) is 0 Å². The van der Waals surface area contributed by atoms with Gasteiger partial charge in [-0.2, -0.15) is 0 Å².